The molecule has 0 aliphatic heterocycles. The van der Waals surface area contributed by atoms with Crippen LogP contribution in [-0.4, -0.2) is 48.6 Å². The zero-order chi connectivity index (χ0) is 24.3. The number of hydrogen-bond donors (Lipinski definition) is 2. The number of ether oxygens (including phenoxy) is 2. The molecular formula is C21H20ClF3N4O4. The number of likely N-dealkylation sites (N-methyl/N-ethyl adjacent to an activating group) is 1. The SMILES string of the molecule is COc1cc2nc(CN(C)CC(=O)Nc3ccc(Cl)c(C(F)(F)F)c3)[nH]c(=O)c2cc1OC. The molecule has 12 heteroatoms. The molecule has 0 atom stereocenters. The number of nitrogens with one attached hydrogen (secondary N) is 2. The molecule has 0 bridgehead atoms. The minimum Gasteiger partial charge on any atom is -0.493 e. The van der Waals surface area contributed by atoms with E-state index in [2.05, 4.69) is 15.3 Å². The summed E-state index contributed by atoms with van der Waals surface area (Å²) in [7, 11) is 4.51. The number of aromatic amines is 1. The molecule has 0 radical (unpaired) electrons. The van der Waals surface area contributed by atoms with Gasteiger partial charge in [0.1, 0.15) is 5.82 Å². The number of methoxy groups -OCH3 is 2. The normalized spacial score (nSPS) is 11.6. The van der Waals surface area contributed by atoms with Crippen LogP contribution < -0.4 is 20.3 Å². The smallest absolute Gasteiger partial charge is 0.417 e. The lowest BCUT2D eigenvalue weighted by Gasteiger charge is -2.17. The molecule has 0 saturated carbocycles. The number of carbonyl (C=O) groups excluding carboxylic acids is 1. The summed E-state index contributed by atoms with van der Waals surface area (Å²) in [5, 5.41) is 2.25. The predicted molar refractivity (Wildman–Crippen MR) is 117 cm³/mol. The highest BCUT2D eigenvalue weighted by atomic mass is 35.5. The molecule has 0 aliphatic rings. The maximum Gasteiger partial charge on any atom is 0.417 e. The highest BCUT2D eigenvalue weighted by Gasteiger charge is 2.33. The number of carbonyl (C=O) groups is 1. The third-order valence-corrected chi connectivity index (χ3v) is 4.98. The summed E-state index contributed by atoms with van der Waals surface area (Å²) in [5.74, 6) is 0.529. The minimum absolute atomic E-state index is 0.0385. The average molecular weight is 485 g/mol. The van der Waals surface area contributed by atoms with Gasteiger partial charge in [-0.1, -0.05) is 11.6 Å². The van der Waals surface area contributed by atoms with Crippen LogP contribution in [0.15, 0.2) is 35.1 Å². The maximum absolute atomic E-state index is 13.0. The summed E-state index contributed by atoms with van der Waals surface area (Å²) in [4.78, 5) is 33.3. The van der Waals surface area contributed by atoms with Crippen LogP contribution in [0.5, 0.6) is 11.5 Å². The number of benzene rings is 2. The molecule has 0 aliphatic carbocycles. The molecule has 1 aromatic heterocycles. The van der Waals surface area contributed by atoms with Gasteiger partial charge in [0, 0.05) is 11.8 Å². The van der Waals surface area contributed by atoms with Crippen molar-refractivity contribution >= 4 is 34.1 Å². The second-order valence-electron chi connectivity index (χ2n) is 7.15. The number of rotatable bonds is 7. The molecule has 0 spiro atoms. The van der Waals surface area contributed by atoms with E-state index >= 15 is 0 Å². The topological polar surface area (TPSA) is 96.5 Å². The van der Waals surface area contributed by atoms with Crippen molar-refractivity contribution in [3.05, 3.63) is 57.1 Å². The number of H-pyrrole nitrogens is 1. The third-order valence-electron chi connectivity index (χ3n) is 4.65. The van der Waals surface area contributed by atoms with Crippen LogP contribution in [0.2, 0.25) is 5.02 Å². The summed E-state index contributed by atoms with van der Waals surface area (Å²) in [6.45, 7) is -0.0704. The van der Waals surface area contributed by atoms with Crippen molar-refractivity contribution in [2.24, 2.45) is 0 Å². The number of amides is 1. The van der Waals surface area contributed by atoms with Gasteiger partial charge in [0.15, 0.2) is 11.5 Å². The van der Waals surface area contributed by atoms with Crippen LogP contribution in [-0.2, 0) is 17.5 Å². The summed E-state index contributed by atoms with van der Waals surface area (Å²) in [6.07, 6.45) is -4.64. The van der Waals surface area contributed by atoms with E-state index in [4.69, 9.17) is 21.1 Å². The second kappa shape index (κ2) is 9.67. The first-order valence-corrected chi connectivity index (χ1v) is 9.89. The van der Waals surface area contributed by atoms with Gasteiger partial charge in [0.25, 0.3) is 5.56 Å². The van der Waals surface area contributed by atoms with Gasteiger partial charge in [-0.3, -0.25) is 14.5 Å². The number of nitrogens with zero attached hydrogens (tertiary/aromatic N) is 2. The monoisotopic (exact) mass is 484 g/mol. The first kappa shape index (κ1) is 24.3. The van der Waals surface area contributed by atoms with Crippen molar-refractivity contribution in [2.45, 2.75) is 12.7 Å². The zero-order valence-corrected chi connectivity index (χ0v) is 18.6. The van der Waals surface area contributed by atoms with E-state index in [1.54, 1.807) is 18.0 Å². The van der Waals surface area contributed by atoms with Gasteiger partial charge in [0.2, 0.25) is 5.91 Å². The lowest BCUT2D eigenvalue weighted by atomic mass is 10.2. The van der Waals surface area contributed by atoms with E-state index in [1.165, 1.54) is 26.4 Å². The summed E-state index contributed by atoms with van der Waals surface area (Å²) in [6, 6.07) is 6.20. The van der Waals surface area contributed by atoms with Crippen LogP contribution in [0, 0.1) is 0 Å². The van der Waals surface area contributed by atoms with E-state index in [0.717, 1.165) is 12.1 Å². The highest BCUT2D eigenvalue weighted by Crippen LogP contribution is 2.36. The molecule has 3 rings (SSSR count). The molecule has 8 nitrogen and oxygen atoms in total. The lowest BCUT2D eigenvalue weighted by Crippen LogP contribution is -2.31. The Morgan fingerprint density at radius 2 is 1.85 bits per heavy atom. The van der Waals surface area contributed by atoms with Gasteiger partial charge < -0.3 is 19.8 Å². The van der Waals surface area contributed by atoms with E-state index in [9.17, 15) is 22.8 Å². The Balaban J connectivity index is 1.72. The zero-order valence-electron chi connectivity index (χ0n) is 17.8. The molecule has 1 amide bonds. The van der Waals surface area contributed by atoms with Gasteiger partial charge in [-0.25, -0.2) is 4.98 Å². The molecule has 33 heavy (non-hydrogen) atoms. The fourth-order valence-corrected chi connectivity index (χ4v) is 3.39. The molecule has 2 N–H and O–H groups in total. The number of fused-ring (bicyclic) bond motifs is 1. The van der Waals surface area contributed by atoms with Crippen LogP contribution in [0.3, 0.4) is 0 Å². The number of aromatic nitrogens is 2. The number of anilines is 1. The van der Waals surface area contributed by atoms with Gasteiger partial charge in [0.05, 0.1) is 48.8 Å². The van der Waals surface area contributed by atoms with Crippen LogP contribution in [0.25, 0.3) is 10.9 Å². The Labute approximate surface area is 191 Å². The van der Waals surface area contributed by atoms with Crippen molar-refractivity contribution in [2.75, 3.05) is 33.1 Å². The minimum atomic E-state index is -4.64. The second-order valence-corrected chi connectivity index (χ2v) is 7.56. The Morgan fingerprint density at radius 3 is 2.48 bits per heavy atom. The first-order valence-electron chi connectivity index (χ1n) is 9.52. The van der Waals surface area contributed by atoms with Crippen molar-refractivity contribution in [3.63, 3.8) is 0 Å². The Hall–Kier alpha value is -3.31. The third kappa shape index (κ3) is 5.74. The first-order chi connectivity index (χ1) is 15.5. The quantitative estimate of drug-likeness (QED) is 0.531. The summed E-state index contributed by atoms with van der Waals surface area (Å²) < 4.78 is 49.4. The average Bonchev–Trinajstić information content (AvgIpc) is 2.73. The van der Waals surface area contributed by atoms with Crippen LogP contribution >= 0.6 is 11.6 Å². The summed E-state index contributed by atoms with van der Waals surface area (Å²) >= 11 is 5.59. The predicted octanol–water partition coefficient (Wildman–Crippen LogP) is 3.68. The van der Waals surface area contributed by atoms with Crippen molar-refractivity contribution in [1.29, 1.82) is 0 Å². The van der Waals surface area contributed by atoms with Crippen molar-refractivity contribution in [1.82, 2.24) is 14.9 Å². The molecule has 3 aromatic rings. The Morgan fingerprint density at radius 1 is 1.18 bits per heavy atom. The fraction of sp³-hybridized carbons (Fsp3) is 0.286. The van der Waals surface area contributed by atoms with E-state index < -0.39 is 28.2 Å². The Kier molecular flexibility index (Phi) is 7.13. The molecular weight excluding hydrogens is 465 g/mol. The summed E-state index contributed by atoms with van der Waals surface area (Å²) in [5.41, 5.74) is -1.09. The molecule has 0 unspecified atom stereocenters. The number of halogens is 4. The van der Waals surface area contributed by atoms with Crippen LogP contribution in [0.4, 0.5) is 18.9 Å². The van der Waals surface area contributed by atoms with Crippen LogP contribution in [0.1, 0.15) is 11.4 Å². The molecule has 2 aromatic carbocycles. The lowest BCUT2D eigenvalue weighted by molar-refractivity contribution is -0.137. The molecule has 176 valence electrons. The fourth-order valence-electron chi connectivity index (χ4n) is 3.17. The maximum atomic E-state index is 13.0. The van der Waals surface area contributed by atoms with E-state index in [0.29, 0.717) is 28.2 Å². The van der Waals surface area contributed by atoms with Crippen molar-refractivity contribution < 1.29 is 27.4 Å². The van der Waals surface area contributed by atoms with Gasteiger partial charge in [-0.2, -0.15) is 13.2 Å². The largest absolute Gasteiger partial charge is 0.493 e. The van der Waals surface area contributed by atoms with Gasteiger partial charge in [-0.05, 0) is 31.3 Å². The number of alkyl halides is 3. The number of hydrogen-bond acceptors (Lipinski definition) is 6. The standard InChI is InChI=1S/C21H20ClF3N4O4/c1-29(10-19(30)26-11-4-5-14(22)13(6-11)21(23,24)25)9-18-27-15-8-17(33-3)16(32-2)7-12(15)20(31)28-18/h4-8H,9-10H2,1-3H3,(H,26,30)(H,27,28,31). The molecule has 0 fully saturated rings. The van der Waals surface area contributed by atoms with Gasteiger partial charge >= 0.3 is 6.18 Å². The van der Waals surface area contributed by atoms with Crippen molar-refractivity contribution in [3.8, 4) is 11.5 Å². The van der Waals surface area contributed by atoms with E-state index in [-0.39, 0.29) is 18.8 Å². The Bertz CT molecular complexity index is 1250. The van der Waals surface area contributed by atoms with Gasteiger partial charge in [-0.15, -0.1) is 0 Å². The molecule has 0 saturated heterocycles. The molecule has 1 heterocycles. The van der Waals surface area contributed by atoms with E-state index in [1.807, 2.05) is 0 Å². The highest BCUT2D eigenvalue weighted by molar-refractivity contribution is 6.31.